The fraction of sp³-hybridized carbons (Fsp3) is 0.467. The topological polar surface area (TPSA) is 47.3 Å². The molecule has 3 nitrogen and oxygen atoms in total. The van der Waals surface area contributed by atoms with Gasteiger partial charge in [-0.25, -0.2) is 0 Å². The zero-order valence-corrected chi connectivity index (χ0v) is 11.4. The number of hydrogen-bond acceptors (Lipinski definition) is 3. The minimum Gasteiger partial charge on any atom is -0.491 e. The van der Waals surface area contributed by atoms with Gasteiger partial charge in [-0.05, 0) is 37.5 Å². The van der Waals surface area contributed by atoms with Gasteiger partial charge in [0.25, 0.3) is 0 Å². The Kier molecular flexibility index (Phi) is 6.29. The zero-order valence-electron chi connectivity index (χ0n) is 11.4. The average molecular weight is 248 g/mol. The van der Waals surface area contributed by atoms with Gasteiger partial charge in [0.2, 0.25) is 0 Å². The molecule has 1 unspecified atom stereocenters. The van der Waals surface area contributed by atoms with Crippen LogP contribution in [0.15, 0.2) is 30.9 Å². The Labute approximate surface area is 110 Å². The number of nitrogens with one attached hydrogen (secondary N) is 1. The molecular formula is C15H24N2O. The Bertz CT molecular complexity index is 377. The summed E-state index contributed by atoms with van der Waals surface area (Å²) in [6.07, 6.45) is 3.81. The summed E-state index contributed by atoms with van der Waals surface area (Å²) < 4.78 is 5.56. The smallest absolute Gasteiger partial charge is 0.142 e. The van der Waals surface area contributed by atoms with E-state index in [1.54, 1.807) is 0 Å². The highest BCUT2D eigenvalue weighted by Gasteiger charge is 2.05. The van der Waals surface area contributed by atoms with Gasteiger partial charge < -0.3 is 15.8 Å². The molecule has 0 saturated heterocycles. The van der Waals surface area contributed by atoms with Crippen molar-refractivity contribution in [1.29, 1.82) is 0 Å². The first-order chi connectivity index (χ1) is 8.67. The van der Waals surface area contributed by atoms with Gasteiger partial charge in [0.1, 0.15) is 5.75 Å². The molecular weight excluding hydrogens is 224 g/mol. The highest BCUT2D eigenvalue weighted by molar-refractivity contribution is 5.54. The first kappa shape index (κ1) is 14.6. The molecule has 1 atom stereocenters. The van der Waals surface area contributed by atoms with Crippen molar-refractivity contribution in [2.24, 2.45) is 0 Å². The molecule has 0 spiro atoms. The predicted molar refractivity (Wildman–Crippen MR) is 78.0 cm³/mol. The lowest BCUT2D eigenvalue weighted by atomic mass is 10.1. The van der Waals surface area contributed by atoms with Gasteiger partial charge in [0.15, 0.2) is 0 Å². The van der Waals surface area contributed by atoms with Crippen molar-refractivity contribution in [3.05, 3.63) is 36.4 Å². The molecule has 18 heavy (non-hydrogen) atoms. The second-order valence-corrected chi connectivity index (χ2v) is 4.52. The van der Waals surface area contributed by atoms with Gasteiger partial charge in [-0.1, -0.05) is 19.1 Å². The number of benzene rings is 1. The molecule has 0 saturated carbocycles. The van der Waals surface area contributed by atoms with Gasteiger partial charge >= 0.3 is 0 Å². The van der Waals surface area contributed by atoms with Crippen molar-refractivity contribution in [3.8, 4) is 5.75 Å². The zero-order chi connectivity index (χ0) is 13.4. The van der Waals surface area contributed by atoms with Gasteiger partial charge in [-0.15, -0.1) is 6.58 Å². The predicted octanol–water partition coefficient (Wildman–Crippen LogP) is 2.76. The van der Waals surface area contributed by atoms with Crippen LogP contribution in [-0.2, 0) is 6.42 Å². The molecule has 0 radical (unpaired) electrons. The van der Waals surface area contributed by atoms with Crippen LogP contribution in [0.1, 0.15) is 25.8 Å². The monoisotopic (exact) mass is 248 g/mol. The van der Waals surface area contributed by atoms with Crippen LogP contribution in [0.2, 0.25) is 0 Å². The first-order valence-corrected chi connectivity index (χ1v) is 6.52. The molecule has 0 amide bonds. The van der Waals surface area contributed by atoms with Crippen LogP contribution < -0.4 is 15.8 Å². The number of ether oxygens (including phenoxy) is 1. The fourth-order valence-corrected chi connectivity index (χ4v) is 1.78. The summed E-state index contributed by atoms with van der Waals surface area (Å²) >= 11 is 0. The summed E-state index contributed by atoms with van der Waals surface area (Å²) in [5, 5.41) is 3.36. The fourth-order valence-electron chi connectivity index (χ4n) is 1.78. The lowest BCUT2D eigenvalue weighted by Crippen LogP contribution is -2.28. The summed E-state index contributed by atoms with van der Waals surface area (Å²) in [4.78, 5) is 0. The molecule has 3 N–H and O–H groups in total. The number of rotatable bonds is 8. The third-order valence-corrected chi connectivity index (χ3v) is 2.69. The van der Waals surface area contributed by atoms with Crippen molar-refractivity contribution in [1.82, 2.24) is 5.32 Å². The van der Waals surface area contributed by atoms with E-state index in [0.29, 0.717) is 12.6 Å². The van der Waals surface area contributed by atoms with Gasteiger partial charge in [0.05, 0.1) is 12.3 Å². The second kappa shape index (κ2) is 7.77. The molecule has 3 heteroatoms. The molecule has 0 fully saturated rings. The van der Waals surface area contributed by atoms with Crippen LogP contribution >= 0.6 is 0 Å². The summed E-state index contributed by atoms with van der Waals surface area (Å²) in [6, 6.07) is 6.44. The SMILES string of the molecule is C=CCNC(C)Cc1ccc(OCCC)c(N)c1. The molecule has 1 rings (SSSR count). The number of nitrogens with two attached hydrogens (primary N) is 1. The minimum absolute atomic E-state index is 0.407. The van der Waals surface area contributed by atoms with Crippen LogP contribution in [-0.4, -0.2) is 19.2 Å². The van der Waals surface area contributed by atoms with E-state index in [2.05, 4.69) is 31.8 Å². The standard InChI is InChI=1S/C15H24N2O/c1-4-8-17-12(3)10-13-6-7-15(14(16)11-13)18-9-5-2/h4,6-7,11-12,17H,1,5,8-10,16H2,2-3H3. The van der Waals surface area contributed by atoms with E-state index in [4.69, 9.17) is 10.5 Å². The van der Waals surface area contributed by atoms with Crippen molar-refractivity contribution in [3.63, 3.8) is 0 Å². The molecule has 0 heterocycles. The lowest BCUT2D eigenvalue weighted by molar-refractivity contribution is 0.319. The van der Waals surface area contributed by atoms with Crippen LogP contribution in [0.3, 0.4) is 0 Å². The summed E-state index contributed by atoms with van der Waals surface area (Å²) in [6.45, 7) is 9.47. The Hall–Kier alpha value is -1.48. The van der Waals surface area contributed by atoms with Crippen LogP contribution in [0.4, 0.5) is 5.69 Å². The molecule has 100 valence electrons. The van der Waals surface area contributed by atoms with Crippen molar-refractivity contribution in [2.45, 2.75) is 32.7 Å². The van der Waals surface area contributed by atoms with Crippen LogP contribution in [0.25, 0.3) is 0 Å². The quantitative estimate of drug-likeness (QED) is 0.549. The van der Waals surface area contributed by atoms with Crippen LogP contribution in [0.5, 0.6) is 5.75 Å². The molecule has 1 aromatic rings. The number of hydrogen-bond donors (Lipinski definition) is 2. The number of anilines is 1. The largest absolute Gasteiger partial charge is 0.491 e. The lowest BCUT2D eigenvalue weighted by Gasteiger charge is -2.14. The van der Waals surface area contributed by atoms with E-state index in [-0.39, 0.29) is 0 Å². The van der Waals surface area contributed by atoms with Crippen molar-refractivity contribution >= 4 is 5.69 Å². The molecule has 0 aliphatic heterocycles. The third kappa shape index (κ3) is 4.80. The maximum absolute atomic E-state index is 5.98. The first-order valence-electron chi connectivity index (χ1n) is 6.52. The number of nitrogen functional groups attached to an aromatic ring is 1. The van der Waals surface area contributed by atoms with E-state index in [0.717, 1.165) is 30.8 Å². The minimum atomic E-state index is 0.407. The van der Waals surface area contributed by atoms with E-state index >= 15 is 0 Å². The Morgan fingerprint density at radius 3 is 2.89 bits per heavy atom. The molecule has 0 bridgehead atoms. The second-order valence-electron chi connectivity index (χ2n) is 4.52. The molecule has 1 aromatic carbocycles. The van der Waals surface area contributed by atoms with E-state index in [1.807, 2.05) is 18.2 Å². The van der Waals surface area contributed by atoms with Gasteiger partial charge in [0, 0.05) is 12.6 Å². The van der Waals surface area contributed by atoms with Crippen LogP contribution in [0, 0.1) is 0 Å². The highest BCUT2D eigenvalue weighted by atomic mass is 16.5. The maximum atomic E-state index is 5.98. The Balaban J connectivity index is 2.57. The summed E-state index contributed by atoms with van der Waals surface area (Å²) in [5.74, 6) is 0.785. The average Bonchev–Trinajstić information content (AvgIpc) is 2.35. The van der Waals surface area contributed by atoms with Gasteiger partial charge in [-0.2, -0.15) is 0 Å². The van der Waals surface area contributed by atoms with Gasteiger partial charge in [-0.3, -0.25) is 0 Å². The Morgan fingerprint density at radius 2 is 2.28 bits per heavy atom. The van der Waals surface area contributed by atoms with E-state index in [9.17, 15) is 0 Å². The van der Waals surface area contributed by atoms with E-state index < -0.39 is 0 Å². The third-order valence-electron chi connectivity index (χ3n) is 2.69. The molecule has 0 aliphatic carbocycles. The van der Waals surface area contributed by atoms with E-state index in [1.165, 1.54) is 5.56 Å². The molecule has 0 aromatic heterocycles. The maximum Gasteiger partial charge on any atom is 0.142 e. The summed E-state index contributed by atoms with van der Waals surface area (Å²) in [5.41, 5.74) is 7.92. The molecule has 0 aliphatic rings. The highest BCUT2D eigenvalue weighted by Crippen LogP contribution is 2.23. The summed E-state index contributed by atoms with van der Waals surface area (Å²) in [7, 11) is 0. The van der Waals surface area contributed by atoms with Crippen molar-refractivity contribution in [2.75, 3.05) is 18.9 Å². The normalized spacial score (nSPS) is 12.1. The Morgan fingerprint density at radius 1 is 1.50 bits per heavy atom. The van der Waals surface area contributed by atoms with Crippen molar-refractivity contribution < 1.29 is 4.74 Å².